The van der Waals surface area contributed by atoms with Gasteiger partial charge in [0.05, 0.1) is 12.1 Å². The van der Waals surface area contributed by atoms with Gasteiger partial charge in [-0.2, -0.15) is 0 Å². The van der Waals surface area contributed by atoms with E-state index >= 15 is 0 Å². The molecule has 0 aromatic carbocycles. The summed E-state index contributed by atoms with van der Waals surface area (Å²) in [6.07, 6.45) is -1.37. The average molecular weight is 460 g/mol. The molecule has 12 nitrogen and oxygen atoms in total. The number of amides is 4. The Bertz CT molecular complexity index is 681. The number of nitrogens with one attached hydrogen (secondary N) is 3. The molecule has 0 spiro atoms. The molecule has 9 N–H and O–H groups in total. The molecule has 0 aliphatic heterocycles. The lowest BCUT2D eigenvalue weighted by atomic mass is 10.0. The van der Waals surface area contributed by atoms with Crippen LogP contribution in [0.2, 0.25) is 0 Å². The monoisotopic (exact) mass is 459 g/mol. The number of aliphatic hydroxyl groups excluding tert-OH is 1. The molecule has 0 aromatic rings. The van der Waals surface area contributed by atoms with Crippen molar-refractivity contribution in [3.05, 3.63) is 0 Å². The van der Waals surface area contributed by atoms with Gasteiger partial charge in [0.25, 0.3) is 0 Å². The minimum Gasteiger partial charge on any atom is -0.480 e. The number of carboxylic acids is 1. The maximum atomic E-state index is 12.7. The molecule has 0 saturated heterocycles. The molecule has 32 heavy (non-hydrogen) atoms. The summed E-state index contributed by atoms with van der Waals surface area (Å²) in [5.41, 5.74) is 10.8. The number of hydrogen-bond acceptors (Lipinski definition) is 7. The van der Waals surface area contributed by atoms with Crippen LogP contribution < -0.4 is 27.4 Å². The molecule has 0 aliphatic carbocycles. The maximum Gasteiger partial charge on any atom is 0.326 e. The van der Waals surface area contributed by atoms with Crippen LogP contribution in [0, 0.1) is 11.8 Å². The molecule has 0 radical (unpaired) electrons. The van der Waals surface area contributed by atoms with Crippen molar-refractivity contribution in [1.29, 1.82) is 0 Å². The van der Waals surface area contributed by atoms with Crippen LogP contribution in [0.15, 0.2) is 0 Å². The normalized spacial score (nSPS) is 15.9. The summed E-state index contributed by atoms with van der Waals surface area (Å²) in [6, 6.07) is -4.80. The summed E-state index contributed by atoms with van der Waals surface area (Å²) in [7, 11) is 0. The van der Waals surface area contributed by atoms with E-state index in [1.165, 1.54) is 6.92 Å². The molecular formula is C20H37N5O7. The van der Waals surface area contributed by atoms with Gasteiger partial charge in [-0.15, -0.1) is 0 Å². The summed E-state index contributed by atoms with van der Waals surface area (Å²) < 4.78 is 0. The summed E-state index contributed by atoms with van der Waals surface area (Å²) in [5.74, 6) is -4.64. The zero-order chi connectivity index (χ0) is 25.2. The van der Waals surface area contributed by atoms with Crippen LogP contribution in [0.5, 0.6) is 0 Å². The number of primary amides is 1. The van der Waals surface area contributed by atoms with Gasteiger partial charge in [0.15, 0.2) is 0 Å². The van der Waals surface area contributed by atoms with E-state index in [1.54, 1.807) is 13.8 Å². The van der Waals surface area contributed by atoms with Crippen molar-refractivity contribution in [3.63, 3.8) is 0 Å². The summed E-state index contributed by atoms with van der Waals surface area (Å²) in [4.78, 5) is 60.0. The molecule has 0 heterocycles. The highest BCUT2D eigenvalue weighted by Gasteiger charge is 2.33. The SMILES string of the molecule is CC(C)CC(N)C(=O)NC(C(=O)NC(C(=O)NC(CCC(N)=O)C(=O)O)C(C)C)C(C)O. The van der Waals surface area contributed by atoms with Crippen molar-refractivity contribution < 1.29 is 34.2 Å². The van der Waals surface area contributed by atoms with Crippen LogP contribution in [-0.4, -0.2) is 70.1 Å². The van der Waals surface area contributed by atoms with Gasteiger partial charge in [-0.25, -0.2) is 4.79 Å². The highest BCUT2D eigenvalue weighted by Crippen LogP contribution is 2.07. The molecule has 0 aromatic heterocycles. The van der Waals surface area contributed by atoms with E-state index in [9.17, 15) is 34.2 Å². The number of carbonyl (C=O) groups is 5. The van der Waals surface area contributed by atoms with Crippen molar-refractivity contribution >= 4 is 29.6 Å². The largest absolute Gasteiger partial charge is 0.480 e. The maximum absolute atomic E-state index is 12.7. The minimum atomic E-state index is -1.38. The van der Waals surface area contributed by atoms with E-state index in [-0.39, 0.29) is 18.8 Å². The first-order chi connectivity index (χ1) is 14.7. The highest BCUT2D eigenvalue weighted by molar-refractivity contribution is 5.94. The third-order valence-electron chi connectivity index (χ3n) is 4.67. The van der Waals surface area contributed by atoms with Crippen LogP contribution in [0.25, 0.3) is 0 Å². The second-order valence-corrected chi connectivity index (χ2v) is 8.60. The number of rotatable bonds is 14. The number of hydrogen-bond donors (Lipinski definition) is 7. The van der Waals surface area contributed by atoms with E-state index in [2.05, 4.69) is 16.0 Å². The predicted octanol–water partition coefficient (Wildman–Crippen LogP) is -1.80. The molecule has 0 aliphatic rings. The first-order valence-corrected chi connectivity index (χ1v) is 10.5. The van der Waals surface area contributed by atoms with Gasteiger partial charge in [0, 0.05) is 6.42 Å². The lowest BCUT2D eigenvalue weighted by Gasteiger charge is -2.28. The van der Waals surface area contributed by atoms with Crippen molar-refractivity contribution in [3.8, 4) is 0 Å². The zero-order valence-electron chi connectivity index (χ0n) is 19.3. The molecular weight excluding hydrogens is 422 g/mol. The van der Waals surface area contributed by atoms with Crippen molar-refractivity contribution in [1.82, 2.24) is 16.0 Å². The molecule has 184 valence electrons. The average Bonchev–Trinajstić information content (AvgIpc) is 2.65. The quantitative estimate of drug-likeness (QED) is 0.157. The topological polar surface area (TPSA) is 214 Å². The van der Waals surface area contributed by atoms with Crippen molar-refractivity contribution in [2.45, 2.75) is 84.2 Å². The fraction of sp³-hybridized carbons (Fsp3) is 0.750. The van der Waals surface area contributed by atoms with E-state index in [0.717, 1.165) is 0 Å². The number of aliphatic hydroxyl groups is 1. The third kappa shape index (κ3) is 10.5. The Labute approximate surface area is 187 Å². The Kier molecular flexibility index (Phi) is 12.5. The number of carbonyl (C=O) groups excluding carboxylic acids is 4. The van der Waals surface area contributed by atoms with E-state index in [0.29, 0.717) is 6.42 Å². The summed E-state index contributed by atoms with van der Waals surface area (Å²) >= 11 is 0. The molecule has 5 atom stereocenters. The first kappa shape index (κ1) is 29.3. The van der Waals surface area contributed by atoms with Gasteiger partial charge in [0.1, 0.15) is 18.1 Å². The van der Waals surface area contributed by atoms with E-state index in [1.807, 2.05) is 13.8 Å². The lowest BCUT2D eigenvalue weighted by Crippen LogP contribution is -2.60. The second kappa shape index (κ2) is 13.6. The van der Waals surface area contributed by atoms with Gasteiger partial charge in [0.2, 0.25) is 23.6 Å². The molecule has 0 fully saturated rings. The van der Waals surface area contributed by atoms with Gasteiger partial charge in [-0.1, -0.05) is 27.7 Å². The van der Waals surface area contributed by atoms with Gasteiger partial charge >= 0.3 is 5.97 Å². The fourth-order valence-electron chi connectivity index (χ4n) is 2.86. The van der Waals surface area contributed by atoms with Crippen LogP contribution in [0.1, 0.15) is 53.9 Å². The smallest absolute Gasteiger partial charge is 0.326 e. The molecule has 0 rings (SSSR count). The Hall–Kier alpha value is -2.73. The van der Waals surface area contributed by atoms with Crippen LogP contribution >= 0.6 is 0 Å². The summed E-state index contributed by atoms with van der Waals surface area (Å²) in [5, 5.41) is 26.4. The Balaban J connectivity index is 5.34. The zero-order valence-corrected chi connectivity index (χ0v) is 19.3. The van der Waals surface area contributed by atoms with Crippen LogP contribution in [-0.2, 0) is 24.0 Å². The second-order valence-electron chi connectivity index (χ2n) is 8.60. The Morgan fingerprint density at radius 1 is 0.844 bits per heavy atom. The Morgan fingerprint density at radius 2 is 1.34 bits per heavy atom. The third-order valence-corrected chi connectivity index (χ3v) is 4.67. The van der Waals surface area contributed by atoms with Gasteiger partial charge in [-0.05, 0) is 31.6 Å². The molecule has 0 bridgehead atoms. The van der Waals surface area contributed by atoms with Crippen LogP contribution in [0.4, 0.5) is 0 Å². The van der Waals surface area contributed by atoms with E-state index in [4.69, 9.17) is 11.5 Å². The number of carboxylic acid groups (broad SMARTS) is 1. The van der Waals surface area contributed by atoms with Gasteiger partial charge in [-0.3, -0.25) is 19.2 Å². The van der Waals surface area contributed by atoms with Crippen LogP contribution in [0.3, 0.4) is 0 Å². The number of nitrogens with two attached hydrogens (primary N) is 2. The minimum absolute atomic E-state index is 0.139. The summed E-state index contributed by atoms with van der Waals surface area (Å²) in [6.45, 7) is 8.31. The van der Waals surface area contributed by atoms with Gasteiger partial charge < -0.3 is 37.6 Å². The lowest BCUT2D eigenvalue weighted by molar-refractivity contribution is -0.143. The molecule has 4 amide bonds. The standard InChI is InChI=1S/C20H37N5O7/c1-9(2)8-12(21)17(28)25-16(11(5)26)19(30)24-15(10(3)4)18(29)23-13(20(31)32)6-7-14(22)27/h9-13,15-16,26H,6-8,21H2,1-5H3,(H2,22,27)(H,23,29)(H,24,30)(H,25,28)(H,31,32). The Morgan fingerprint density at radius 3 is 1.75 bits per heavy atom. The highest BCUT2D eigenvalue weighted by atomic mass is 16.4. The van der Waals surface area contributed by atoms with E-state index < -0.39 is 65.8 Å². The van der Waals surface area contributed by atoms with Crippen molar-refractivity contribution in [2.75, 3.05) is 0 Å². The molecule has 5 unspecified atom stereocenters. The number of aliphatic carboxylic acids is 1. The fourth-order valence-corrected chi connectivity index (χ4v) is 2.86. The molecule has 0 saturated carbocycles. The first-order valence-electron chi connectivity index (χ1n) is 10.5. The molecule has 12 heteroatoms. The predicted molar refractivity (Wildman–Crippen MR) is 116 cm³/mol. The van der Waals surface area contributed by atoms with Crippen molar-refractivity contribution in [2.24, 2.45) is 23.3 Å².